The van der Waals surface area contributed by atoms with E-state index in [-0.39, 0.29) is 43.0 Å². The van der Waals surface area contributed by atoms with Gasteiger partial charge in [-0.15, -0.1) is 0 Å². The van der Waals surface area contributed by atoms with Crippen molar-refractivity contribution in [2.45, 2.75) is 32.7 Å². The van der Waals surface area contributed by atoms with Crippen LogP contribution < -0.4 is 5.32 Å². The van der Waals surface area contributed by atoms with Crippen molar-refractivity contribution in [2.24, 2.45) is 0 Å². The van der Waals surface area contributed by atoms with E-state index < -0.39 is 5.97 Å². The van der Waals surface area contributed by atoms with Gasteiger partial charge in [-0.3, -0.25) is 14.4 Å². The Hall–Kier alpha value is -2.31. The molecule has 0 aliphatic heterocycles. The fourth-order valence-electron chi connectivity index (χ4n) is 2.02. The monoisotopic (exact) mass is 296 g/mol. The molecule has 1 rings (SSSR count). The second kappa shape index (κ2) is 8.08. The van der Waals surface area contributed by atoms with Crippen molar-refractivity contribution < 1.29 is 23.9 Å². The summed E-state index contributed by atoms with van der Waals surface area (Å²) >= 11 is 0. The maximum Gasteiger partial charge on any atom is 0.305 e. The topological polar surface area (TPSA) is 99.9 Å². The minimum Gasteiger partial charge on any atom is -0.481 e. The standard InChI is InChI=1S/C14H20N2O5/c1-3-16(10(2)9-13(18)19)12(17)6-7-15-14(20)11-5-4-8-21-11/h4-5,8,10H,3,6-7,9H2,1-2H3,(H,15,20)(H,18,19). The van der Waals surface area contributed by atoms with Gasteiger partial charge in [0.1, 0.15) is 0 Å². The molecule has 0 spiro atoms. The molecular formula is C14H20N2O5. The van der Waals surface area contributed by atoms with Crippen LogP contribution in [0.2, 0.25) is 0 Å². The summed E-state index contributed by atoms with van der Waals surface area (Å²) in [5.74, 6) is -1.32. The van der Waals surface area contributed by atoms with Crippen LogP contribution in [0, 0.1) is 0 Å². The second-order valence-electron chi connectivity index (χ2n) is 4.61. The average Bonchev–Trinajstić information content (AvgIpc) is 2.92. The highest BCUT2D eigenvalue weighted by molar-refractivity contribution is 5.91. The molecule has 1 unspecified atom stereocenters. The first-order valence-electron chi connectivity index (χ1n) is 6.78. The van der Waals surface area contributed by atoms with Crippen LogP contribution in [0.15, 0.2) is 22.8 Å². The third-order valence-corrected chi connectivity index (χ3v) is 3.03. The Morgan fingerprint density at radius 2 is 2.14 bits per heavy atom. The summed E-state index contributed by atoms with van der Waals surface area (Å²) < 4.78 is 4.93. The van der Waals surface area contributed by atoms with Crippen LogP contribution in [0.4, 0.5) is 0 Å². The minimum atomic E-state index is -0.945. The molecule has 1 atom stereocenters. The molecule has 1 aromatic rings. The van der Waals surface area contributed by atoms with Gasteiger partial charge in [0.15, 0.2) is 5.76 Å². The number of nitrogens with one attached hydrogen (secondary N) is 1. The van der Waals surface area contributed by atoms with Crippen LogP contribution in [0.25, 0.3) is 0 Å². The molecule has 2 N–H and O–H groups in total. The van der Waals surface area contributed by atoms with E-state index >= 15 is 0 Å². The number of amides is 2. The molecule has 0 fully saturated rings. The van der Waals surface area contributed by atoms with E-state index in [2.05, 4.69) is 5.32 Å². The first-order chi connectivity index (χ1) is 9.95. The number of carboxylic acids is 1. The Labute approximate surface area is 122 Å². The number of hydrogen-bond donors (Lipinski definition) is 2. The highest BCUT2D eigenvalue weighted by Crippen LogP contribution is 2.06. The highest BCUT2D eigenvalue weighted by atomic mass is 16.4. The van der Waals surface area contributed by atoms with Gasteiger partial charge in [-0.05, 0) is 26.0 Å². The van der Waals surface area contributed by atoms with E-state index in [1.807, 2.05) is 0 Å². The number of rotatable bonds is 8. The van der Waals surface area contributed by atoms with E-state index in [9.17, 15) is 14.4 Å². The number of carbonyl (C=O) groups is 3. The molecular weight excluding hydrogens is 276 g/mol. The van der Waals surface area contributed by atoms with Crippen LogP contribution >= 0.6 is 0 Å². The van der Waals surface area contributed by atoms with Gasteiger partial charge in [0.25, 0.3) is 5.91 Å². The van der Waals surface area contributed by atoms with Gasteiger partial charge >= 0.3 is 5.97 Å². The zero-order valence-electron chi connectivity index (χ0n) is 12.2. The van der Waals surface area contributed by atoms with Crippen LogP contribution in [-0.4, -0.2) is 46.9 Å². The van der Waals surface area contributed by atoms with Gasteiger partial charge in [0, 0.05) is 25.6 Å². The maximum absolute atomic E-state index is 12.0. The van der Waals surface area contributed by atoms with Crippen LogP contribution in [0.3, 0.4) is 0 Å². The second-order valence-corrected chi connectivity index (χ2v) is 4.61. The minimum absolute atomic E-state index is 0.0989. The number of carboxylic acid groups (broad SMARTS) is 1. The van der Waals surface area contributed by atoms with Gasteiger partial charge in [0.2, 0.25) is 5.91 Å². The molecule has 0 aliphatic carbocycles. The summed E-state index contributed by atoms with van der Waals surface area (Å²) in [6.45, 7) is 4.09. The van der Waals surface area contributed by atoms with Crippen LogP contribution in [-0.2, 0) is 9.59 Å². The lowest BCUT2D eigenvalue weighted by Crippen LogP contribution is -2.41. The Bertz CT molecular complexity index is 484. The van der Waals surface area contributed by atoms with Crippen molar-refractivity contribution in [1.29, 1.82) is 0 Å². The number of carbonyl (C=O) groups excluding carboxylic acids is 2. The van der Waals surface area contributed by atoms with Crippen molar-refractivity contribution in [2.75, 3.05) is 13.1 Å². The lowest BCUT2D eigenvalue weighted by Gasteiger charge is -2.27. The SMILES string of the molecule is CCN(C(=O)CCNC(=O)c1ccco1)C(C)CC(=O)O. The summed E-state index contributed by atoms with van der Waals surface area (Å²) in [6, 6.07) is 2.76. The van der Waals surface area contributed by atoms with Gasteiger partial charge in [0.05, 0.1) is 12.7 Å². The number of hydrogen-bond acceptors (Lipinski definition) is 4. The predicted octanol–water partition coefficient (Wildman–Crippen LogP) is 1.11. The van der Waals surface area contributed by atoms with E-state index in [1.165, 1.54) is 17.2 Å². The molecule has 0 bridgehead atoms. The summed E-state index contributed by atoms with van der Waals surface area (Å²) in [4.78, 5) is 35.8. The van der Waals surface area contributed by atoms with Gasteiger partial charge < -0.3 is 19.7 Å². The van der Waals surface area contributed by atoms with E-state index in [4.69, 9.17) is 9.52 Å². The quantitative estimate of drug-likeness (QED) is 0.748. The zero-order valence-corrected chi connectivity index (χ0v) is 12.2. The molecule has 2 amide bonds. The lowest BCUT2D eigenvalue weighted by molar-refractivity contribution is -0.140. The van der Waals surface area contributed by atoms with Crippen LogP contribution in [0.5, 0.6) is 0 Å². The van der Waals surface area contributed by atoms with E-state index in [0.29, 0.717) is 6.54 Å². The van der Waals surface area contributed by atoms with Crippen molar-refractivity contribution in [1.82, 2.24) is 10.2 Å². The molecule has 0 radical (unpaired) electrons. The molecule has 0 aromatic carbocycles. The summed E-state index contributed by atoms with van der Waals surface area (Å²) in [6.07, 6.45) is 1.41. The summed E-state index contributed by atoms with van der Waals surface area (Å²) in [5.41, 5.74) is 0. The van der Waals surface area contributed by atoms with Crippen molar-refractivity contribution in [3.05, 3.63) is 24.2 Å². The molecule has 0 saturated carbocycles. The molecule has 0 aliphatic rings. The Morgan fingerprint density at radius 3 is 2.67 bits per heavy atom. The van der Waals surface area contributed by atoms with Crippen molar-refractivity contribution in [3.8, 4) is 0 Å². The van der Waals surface area contributed by atoms with Gasteiger partial charge in [-0.25, -0.2) is 0 Å². The molecule has 7 nitrogen and oxygen atoms in total. The molecule has 7 heteroatoms. The van der Waals surface area contributed by atoms with Gasteiger partial charge in [-0.1, -0.05) is 0 Å². The fraction of sp³-hybridized carbons (Fsp3) is 0.500. The van der Waals surface area contributed by atoms with E-state index in [0.717, 1.165) is 0 Å². The Kier molecular flexibility index (Phi) is 6.45. The summed E-state index contributed by atoms with van der Waals surface area (Å²) in [5, 5.41) is 11.3. The molecule has 1 heterocycles. The van der Waals surface area contributed by atoms with Crippen molar-refractivity contribution in [3.63, 3.8) is 0 Å². The van der Waals surface area contributed by atoms with Gasteiger partial charge in [-0.2, -0.15) is 0 Å². The first kappa shape index (κ1) is 16.7. The molecule has 116 valence electrons. The summed E-state index contributed by atoms with van der Waals surface area (Å²) in [7, 11) is 0. The normalized spacial score (nSPS) is 11.7. The van der Waals surface area contributed by atoms with Crippen molar-refractivity contribution >= 4 is 17.8 Å². The number of nitrogens with zero attached hydrogens (tertiary/aromatic N) is 1. The zero-order chi connectivity index (χ0) is 15.8. The molecule has 21 heavy (non-hydrogen) atoms. The van der Waals surface area contributed by atoms with E-state index in [1.54, 1.807) is 19.9 Å². The number of furan rings is 1. The molecule has 0 saturated heterocycles. The maximum atomic E-state index is 12.0. The smallest absolute Gasteiger partial charge is 0.305 e. The lowest BCUT2D eigenvalue weighted by atomic mass is 10.2. The number of aliphatic carboxylic acids is 1. The Balaban J connectivity index is 2.40. The predicted molar refractivity (Wildman–Crippen MR) is 74.8 cm³/mol. The van der Waals surface area contributed by atoms with Crippen LogP contribution in [0.1, 0.15) is 37.2 Å². The third kappa shape index (κ3) is 5.29. The third-order valence-electron chi connectivity index (χ3n) is 3.03. The highest BCUT2D eigenvalue weighted by Gasteiger charge is 2.20. The fourth-order valence-corrected chi connectivity index (χ4v) is 2.02. The average molecular weight is 296 g/mol. The first-order valence-corrected chi connectivity index (χ1v) is 6.78. The molecule has 1 aromatic heterocycles. The Morgan fingerprint density at radius 1 is 1.43 bits per heavy atom. The largest absolute Gasteiger partial charge is 0.481 e.